The Hall–Kier alpha value is -1.12. The van der Waals surface area contributed by atoms with Crippen LogP contribution >= 0.6 is 0 Å². The molecule has 0 amide bonds. The number of nitrogens with two attached hydrogens (primary N) is 1. The summed E-state index contributed by atoms with van der Waals surface area (Å²) >= 11 is 0. The Kier molecular flexibility index (Phi) is 1.34. The highest BCUT2D eigenvalue weighted by Crippen LogP contribution is 2.07. The minimum Gasteiger partial charge on any atom is -0.508 e. The Morgan fingerprint density at radius 1 is 1.44 bits per heavy atom. The third-order valence-electron chi connectivity index (χ3n) is 1.23. The Bertz CT molecular complexity index is 224. The summed E-state index contributed by atoms with van der Waals surface area (Å²) < 4.78 is 0. The van der Waals surface area contributed by atoms with Crippen LogP contribution in [0.25, 0.3) is 0 Å². The van der Waals surface area contributed by atoms with Gasteiger partial charge in [0.05, 0.1) is 0 Å². The van der Waals surface area contributed by atoms with Gasteiger partial charge in [-0.25, -0.2) is 0 Å². The zero-order chi connectivity index (χ0) is 6.85. The van der Waals surface area contributed by atoms with E-state index in [9.17, 15) is 0 Å². The van der Waals surface area contributed by atoms with Crippen molar-refractivity contribution in [2.24, 2.45) is 0 Å². The number of phenolic OH excluding ortho intramolecular Hbond substituents is 1. The maximum Gasteiger partial charge on any atom is 0.144 e. The van der Waals surface area contributed by atoms with Crippen molar-refractivity contribution in [2.75, 3.05) is 5.73 Å². The summed E-state index contributed by atoms with van der Waals surface area (Å²) in [5.41, 5.74) is 6.81. The zero-order valence-electron chi connectivity index (χ0n) is 5.26. The van der Waals surface area contributed by atoms with Crippen LogP contribution in [0.3, 0.4) is 0 Å². The van der Waals surface area contributed by atoms with E-state index in [1.165, 1.54) is 6.07 Å². The largest absolute Gasteiger partial charge is 0.508 e. The summed E-state index contributed by atoms with van der Waals surface area (Å²) in [7, 11) is 1.83. The second-order valence-corrected chi connectivity index (χ2v) is 2.05. The van der Waals surface area contributed by atoms with Gasteiger partial charge in [0, 0.05) is 11.8 Å². The van der Waals surface area contributed by atoms with Gasteiger partial charge in [-0.2, -0.15) is 0 Å². The van der Waals surface area contributed by atoms with Gasteiger partial charge in [-0.3, -0.25) is 0 Å². The van der Waals surface area contributed by atoms with Crippen LogP contribution in [-0.2, 0) is 0 Å². The molecule has 1 aromatic carbocycles. The number of nitrogen functional groups attached to an aromatic ring is 1. The molecule has 0 saturated carbocycles. The molecule has 0 aromatic heterocycles. The fourth-order valence-corrected chi connectivity index (χ4v) is 0.626. The molecule has 0 radical (unpaired) electrons. The number of hydrogen-bond donors (Lipinski definition) is 2. The molecule has 0 aliphatic rings. The lowest BCUT2D eigenvalue weighted by molar-refractivity contribution is 0.480. The van der Waals surface area contributed by atoms with Crippen LogP contribution in [0.1, 0.15) is 0 Å². The molecular weight excluding hydrogens is 113 g/mol. The van der Waals surface area contributed by atoms with E-state index in [2.05, 4.69) is 0 Å². The first kappa shape index (κ1) is 6.01. The molecule has 0 aliphatic carbocycles. The van der Waals surface area contributed by atoms with Crippen LogP contribution in [0.5, 0.6) is 5.75 Å². The van der Waals surface area contributed by atoms with Crippen molar-refractivity contribution in [2.45, 2.75) is 0 Å². The Labute approximate surface area is 54.7 Å². The Morgan fingerprint density at radius 2 is 2.11 bits per heavy atom. The average Bonchev–Trinajstić information content (AvgIpc) is 1.80. The van der Waals surface area contributed by atoms with Gasteiger partial charge in [-0.1, -0.05) is 6.07 Å². The normalized spacial score (nSPS) is 9.33. The molecule has 0 saturated heterocycles. The molecule has 0 heterocycles. The first-order valence-electron chi connectivity index (χ1n) is 2.75. The summed E-state index contributed by atoms with van der Waals surface area (Å²) in [4.78, 5) is 0. The number of hydrogen-bond acceptors (Lipinski definition) is 2. The molecule has 3 heteroatoms. The van der Waals surface area contributed by atoms with Gasteiger partial charge in [0.15, 0.2) is 0 Å². The maximum atomic E-state index is 9.02. The maximum absolute atomic E-state index is 9.02. The average molecular weight is 121 g/mol. The third-order valence-corrected chi connectivity index (χ3v) is 1.23. The summed E-state index contributed by atoms with van der Waals surface area (Å²) in [6.07, 6.45) is 0. The van der Waals surface area contributed by atoms with Crippen molar-refractivity contribution >= 4 is 19.0 Å². The lowest BCUT2D eigenvalue weighted by Gasteiger charge is -1.97. The van der Waals surface area contributed by atoms with Crippen LogP contribution in [0.4, 0.5) is 5.69 Å². The highest BCUT2D eigenvalue weighted by Gasteiger charge is 1.92. The molecular formula is C6H8BNO. The van der Waals surface area contributed by atoms with Gasteiger partial charge in [0.2, 0.25) is 0 Å². The van der Waals surface area contributed by atoms with E-state index in [4.69, 9.17) is 10.8 Å². The summed E-state index contributed by atoms with van der Waals surface area (Å²) in [5.74, 6) is 0.259. The summed E-state index contributed by atoms with van der Waals surface area (Å²) in [6.45, 7) is 0. The lowest BCUT2D eigenvalue weighted by Crippen LogP contribution is -2.02. The molecule has 3 N–H and O–H groups in total. The van der Waals surface area contributed by atoms with Gasteiger partial charge >= 0.3 is 0 Å². The van der Waals surface area contributed by atoms with E-state index >= 15 is 0 Å². The summed E-state index contributed by atoms with van der Waals surface area (Å²) in [5, 5.41) is 9.02. The monoisotopic (exact) mass is 121 g/mol. The first-order valence-corrected chi connectivity index (χ1v) is 2.75. The Balaban J connectivity index is 3.17. The molecule has 1 rings (SSSR count). The van der Waals surface area contributed by atoms with E-state index in [0.717, 1.165) is 5.46 Å². The number of anilines is 1. The molecule has 0 spiro atoms. The standard InChI is InChI=1S/C6H8BNO/c7-5-2-1-4(8)3-6(5)9/h1-3,9H,7-8H2. The van der Waals surface area contributed by atoms with E-state index in [-0.39, 0.29) is 5.75 Å². The van der Waals surface area contributed by atoms with Gasteiger partial charge < -0.3 is 10.8 Å². The van der Waals surface area contributed by atoms with Crippen LogP contribution in [0.15, 0.2) is 18.2 Å². The van der Waals surface area contributed by atoms with Crippen molar-refractivity contribution in [3.63, 3.8) is 0 Å². The fraction of sp³-hybridized carbons (Fsp3) is 0. The molecule has 46 valence electrons. The van der Waals surface area contributed by atoms with Gasteiger partial charge in [-0.15, -0.1) is 0 Å². The van der Waals surface area contributed by atoms with Crippen LogP contribution in [0.2, 0.25) is 0 Å². The second-order valence-electron chi connectivity index (χ2n) is 2.05. The van der Waals surface area contributed by atoms with E-state index in [1.54, 1.807) is 12.1 Å². The van der Waals surface area contributed by atoms with Gasteiger partial charge in [0.25, 0.3) is 0 Å². The van der Waals surface area contributed by atoms with Gasteiger partial charge in [-0.05, 0) is 11.5 Å². The SMILES string of the molecule is Bc1ccc(N)cc1O. The van der Waals surface area contributed by atoms with Crippen molar-refractivity contribution in [1.82, 2.24) is 0 Å². The molecule has 9 heavy (non-hydrogen) atoms. The molecule has 0 fully saturated rings. The van der Waals surface area contributed by atoms with Gasteiger partial charge in [0.1, 0.15) is 13.6 Å². The Morgan fingerprint density at radius 3 is 2.56 bits per heavy atom. The smallest absolute Gasteiger partial charge is 0.144 e. The molecule has 1 aromatic rings. The highest BCUT2D eigenvalue weighted by atomic mass is 16.3. The topological polar surface area (TPSA) is 46.2 Å². The zero-order valence-corrected chi connectivity index (χ0v) is 5.26. The number of aromatic hydroxyl groups is 1. The predicted molar refractivity (Wildman–Crippen MR) is 40.7 cm³/mol. The van der Waals surface area contributed by atoms with E-state index in [0.29, 0.717) is 5.69 Å². The number of phenols is 1. The van der Waals surface area contributed by atoms with Crippen molar-refractivity contribution in [3.05, 3.63) is 18.2 Å². The highest BCUT2D eigenvalue weighted by molar-refractivity contribution is 6.34. The van der Waals surface area contributed by atoms with Crippen molar-refractivity contribution in [1.29, 1.82) is 0 Å². The third kappa shape index (κ3) is 1.16. The van der Waals surface area contributed by atoms with Crippen LogP contribution in [0, 0.1) is 0 Å². The second kappa shape index (κ2) is 2.01. The van der Waals surface area contributed by atoms with Crippen molar-refractivity contribution in [3.8, 4) is 5.75 Å². The first-order chi connectivity index (χ1) is 4.20. The number of rotatable bonds is 0. The minimum atomic E-state index is 0.259. The lowest BCUT2D eigenvalue weighted by atomic mass is 9.95. The summed E-state index contributed by atoms with van der Waals surface area (Å²) in [6, 6.07) is 5.08. The fourth-order valence-electron chi connectivity index (χ4n) is 0.626. The molecule has 0 aliphatic heterocycles. The van der Waals surface area contributed by atoms with E-state index in [1.807, 2.05) is 7.85 Å². The van der Waals surface area contributed by atoms with Crippen LogP contribution < -0.4 is 11.2 Å². The van der Waals surface area contributed by atoms with Crippen LogP contribution in [-0.4, -0.2) is 13.0 Å². The molecule has 2 nitrogen and oxygen atoms in total. The van der Waals surface area contributed by atoms with E-state index < -0.39 is 0 Å². The molecule has 0 atom stereocenters. The molecule has 0 unspecified atom stereocenters. The minimum absolute atomic E-state index is 0.259. The quantitative estimate of drug-likeness (QED) is 0.349. The molecule has 0 bridgehead atoms. The number of benzene rings is 1. The van der Waals surface area contributed by atoms with Crippen molar-refractivity contribution < 1.29 is 5.11 Å². The predicted octanol–water partition coefficient (Wildman–Crippen LogP) is -0.767.